The predicted molar refractivity (Wildman–Crippen MR) is 132 cm³/mol. The maximum atomic E-state index is 13.4. The van der Waals surface area contributed by atoms with Crippen molar-refractivity contribution in [1.82, 2.24) is 9.80 Å². The average molecular weight is 466 g/mol. The van der Waals surface area contributed by atoms with Crippen molar-refractivity contribution >= 4 is 29.1 Å². The summed E-state index contributed by atoms with van der Waals surface area (Å²) in [7, 11) is 0. The second kappa shape index (κ2) is 9.86. The summed E-state index contributed by atoms with van der Waals surface area (Å²) in [5.41, 5.74) is 2.53. The van der Waals surface area contributed by atoms with Gasteiger partial charge in [0, 0.05) is 35.4 Å². The number of hydrogen-bond donors (Lipinski definition) is 0. The summed E-state index contributed by atoms with van der Waals surface area (Å²) in [6.45, 7) is 3.54. The van der Waals surface area contributed by atoms with Gasteiger partial charge in [0.1, 0.15) is 6.54 Å². The van der Waals surface area contributed by atoms with E-state index in [2.05, 4.69) is 4.90 Å². The third-order valence-corrected chi connectivity index (χ3v) is 7.83. The molecule has 0 spiro atoms. The van der Waals surface area contributed by atoms with E-state index in [1.54, 1.807) is 29.2 Å². The Bertz CT molecular complexity index is 995. The summed E-state index contributed by atoms with van der Waals surface area (Å²) in [5, 5.41) is 0.592. The Morgan fingerprint density at radius 1 is 0.909 bits per heavy atom. The molecule has 0 bridgehead atoms. The largest absolute Gasteiger partial charge is 0.325 e. The van der Waals surface area contributed by atoms with E-state index in [1.807, 2.05) is 29.2 Å². The SMILES string of the molecule is O=C(c1ccc(Cl)cc1)N1CC(=O)N(CC2CCN(C3CCCC3)CC2)c2ccccc2C1. The van der Waals surface area contributed by atoms with Crippen molar-refractivity contribution in [3.63, 3.8) is 0 Å². The van der Waals surface area contributed by atoms with Crippen molar-refractivity contribution in [2.24, 2.45) is 5.92 Å². The molecule has 0 N–H and O–H groups in total. The molecule has 3 aliphatic rings. The fourth-order valence-corrected chi connectivity index (χ4v) is 5.83. The Morgan fingerprint density at radius 2 is 1.61 bits per heavy atom. The number of amides is 2. The monoisotopic (exact) mass is 465 g/mol. The van der Waals surface area contributed by atoms with Gasteiger partial charge in [-0.2, -0.15) is 0 Å². The van der Waals surface area contributed by atoms with E-state index >= 15 is 0 Å². The van der Waals surface area contributed by atoms with Crippen LogP contribution in [0.1, 0.15) is 54.4 Å². The molecule has 2 amide bonds. The maximum Gasteiger partial charge on any atom is 0.254 e. The van der Waals surface area contributed by atoms with Crippen LogP contribution in [0.25, 0.3) is 0 Å². The van der Waals surface area contributed by atoms with Crippen molar-refractivity contribution in [3.05, 3.63) is 64.7 Å². The van der Waals surface area contributed by atoms with Gasteiger partial charge >= 0.3 is 0 Å². The zero-order valence-electron chi connectivity index (χ0n) is 19.1. The molecular weight excluding hydrogens is 434 g/mol. The first-order chi connectivity index (χ1) is 16.1. The van der Waals surface area contributed by atoms with E-state index in [9.17, 15) is 9.59 Å². The number of halogens is 1. The lowest BCUT2D eigenvalue weighted by molar-refractivity contribution is -0.119. The number of benzene rings is 2. The van der Waals surface area contributed by atoms with Crippen LogP contribution in [0.5, 0.6) is 0 Å². The fraction of sp³-hybridized carbons (Fsp3) is 0.481. The first kappa shape index (κ1) is 22.4. The molecule has 2 aliphatic heterocycles. The minimum Gasteiger partial charge on any atom is -0.325 e. The van der Waals surface area contributed by atoms with Crippen LogP contribution in [-0.4, -0.2) is 53.8 Å². The summed E-state index contributed by atoms with van der Waals surface area (Å²) in [5.74, 6) is 0.361. The highest BCUT2D eigenvalue weighted by molar-refractivity contribution is 6.30. The molecule has 1 saturated heterocycles. The van der Waals surface area contributed by atoms with Crippen LogP contribution < -0.4 is 4.90 Å². The lowest BCUT2D eigenvalue weighted by atomic mass is 9.94. The van der Waals surface area contributed by atoms with E-state index in [0.29, 0.717) is 23.0 Å². The van der Waals surface area contributed by atoms with Gasteiger partial charge < -0.3 is 14.7 Å². The van der Waals surface area contributed by atoms with Gasteiger partial charge in [-0.1, -0.05) is 42.6 Å². The molecule has 0 unspecified atom stereocenters. The van der Waals surface area contributed by atoms with Gasteiger partial charge in [0.2, 0.25) is 5.91 Å². The molecular formula is C27H32ClN3O2. The number of carbonyl (C=O) groups is 2. The molecule has 2 aromatic rings. The number of likely N-dealkylation sites (tertiary alicyclic amines) is 1. The number of rotatable bonds is 4. The molecule has 1 aliphatic carbocycles. The number of hydrogen-bond acceptors (Lipinski definition) is 3. The van der Waals surface area contributed by atoms with Gasteiger partial charge in [-0.15, -0.1) is 0 Å². The molecule has 0 radical (unpaired) electrons. The number of carbonyl (C=O) groups excluding carboxylic acids is 2. The smallest absolute Gasteiger partial charge is 0.254 e. The van der Waals surface area contributed by atoms with Crippen molar-refractivity contribution in [2.75, 3.05) is 31.1 Å². The third kappa shape index (κ3) is 4.95. The van der Waals surface area contributed by atoms with Crippen LogP contribution in [0.15, 0.2) is 48.5 Å². The number of anilines is 1. The van der Waals surface area contributed by atoms with Crippen molar-refractivity contribution in [3.8, 4) is 0 Å². The van der Waals surface area contributed by atoms with Crippen LogP contribution in [0, 0.1) is 5.92 Å². The van der Waals surface area contributed by atoms with Crippen molar-refractivity contribution in [1.29, 1.82) is 0 Å². The third-order valence-electron chi connectivity index (χ3n) is 7.58. The number of fused-ring (bicyclic) bond motifs is 1. The average Bonchev–Trinajstić information content (AvgIpc) is 3.34. The lowest BCUT2D eigenvalue weighted by Crippen LogP contribution is -2.45. The first-order valence-corrected chi connectivity index (χ1v) is 12.6. The van der Waals surface area contributed by atoms with Crippen molar-refractivity contribution in [2.45, 2.75) is 51.1 Å². The van der Waals surface area contributed by atoms with Gasteiger partial charge in [0.05, 0.1) is 0 Å². The van der Waals surface area contributed by atoms with Gasteiger partial charge in [-0.05, 0) is 80.6 Å². The standard InChI is InChI=1S/C27H32ClN3O2/c28-23-11-9-21(10-12-23)27(33)30-18-22-5-1-4-8-25(22)31(26(32)19-30)17-20-13-15-29(16-14-20)24-6-2-3-7-24/h1,4-5,8-12,20,24H,2-3,6-7,13-19H2. The lowest BCUT2D eigenvalue weighted by Gasteiger charge is -2.37. The van der Waals surface area contributed by atoms with Crippen LogP contribution in [-0.2, 0) is 11.3 Å². The molecule has 1 saturated carbocycles. The van der Waals surface area contributed by atoms with Gasteiger partial charge in [-0.25, -0.2) is 0 Å². The molecule has 0 atom stereocenters. The highest BCUT2D eigenvalue weighted by Crippen LogP contribution is 2.31. The highest BCUT2D eigenvalue weighted by Gasteiger charge is 2.33. The molecule has 2 fully saturated rings. The fourth-order valence-electron chi connectivity index (χ4n) is 5.70. The van der Waals surface area contributed by atoms with Gasteiger partial charge in [0.15, 0.2) is 0 Å². The molecule has 2 aromatic carbocycles. The molecule has 6 heteroatoms. The van der Waals surface area contributed by atoms with Crippen molar-refractivity contribution < 1.29 is 9.59 Å². The Hall–Kier alpha value is -2.37. The summed E-state index contributed by atoms with van der Waals surface area (Å²) < 4.78 is 0. The Balaban J connectivity index is 1.30. The van der Waals surface area contributed by atoms with Crippen LogP contribution in [0.4, 0.5) is 5.69 Å². The molecule has 33 heavy (non-hydrogen) atoms. The maximum absolute atomic E-state index is 13.4. The van der Waals surface area contributed by atoms with Crippen LogP contribution in [0.2, 0.25) is 5.02 Å². The van der Waals surface area contributed by atoms with Crippen LogP contribution >= 0.6 is 11.6 Å². The summed E-state index contributed by atoms with van der Waals surface area (Å²) in [4.78, 5) is 32.9. The topological polar surface area (TPSA) is 43.9 Å². The minimum atomic E-state index is -0.137. The highest BCUT2D eigenvalue weighted by atomic mass is 35.5. The Kier molecular flexibility index (Phi) is 6.70. The second-order valence-electron chi connectivity index (χ2n) is 9.72. The van der Waals surface area contributed by atoms with E-state index in [1.165, 1.54) is 25.7 Å². The minimum absolute atomic E-state index is 0.000450. The predicted octanol–water partition coefficient (Wildman–Crippen LogP) is 4.98. The zero-order chi connectivity index (χ0) is 22.8. The normalized spacial score (nSPS) is 20.7. The van der Waals surface area contributed by atoms with E-state index < -0.39 is 0 Å². The molecule has 0 aromatic heterocycles. The number of para-hydroxylation sites is 1. The number of nitrogens with zero attached hydrogens (tertiary/aromatic N) is 3. The van der Waals surface area contributed by atoms with E-state index in [4.69, 9.17) is 11.6 Å². The summed E-state index contributed by atoms with van der Waals surface area (Å²) in [6.07, 6.45) is 7.70. The Morgan fingerprint density at radius 3 is 2.33 bits per heavy atom. The summed E-state index contributed by atoms with van der Waals surface area (Å²) in [6, 6.07) is 15.7. The zero-order valence-corrected chi connectivity index (χ0v) is 19.8. The van der Waals surface area contributed by atoms with Gasteiger partial charge in [0.25, 0.3) is 5.91 Å². The quantitative estimate of drug-likeness (QED) is 0.639. The molecule has 2 heterocycles. The van der Waals surface area contributed by atoms with E-state index in [-0.39, 0.29) is 18.4 Å². The number of piperidine rings is 1. The first-order valence-electron chi connectivity index (χ1n) is 12.3. The second-order valence-corrected chi connectivity index (χ2v) is 10.2. The van der Waals surface area contributed by atoms with E-state index in [0.717, 1.165) is 49.8 Å². The molecule has 5 nitrogen and oxygen atoms in total. The molecule has 5 rings (SSSR count). The van der Waals surface area contributed by atoms with Crippen LogP contribution in [0.3, 0.4) is 0 Å². The molecule has 174 valence electrons. The summed E-state index contributed by atoms with van der Waals surface area (Å²) >= 11 is 5.99. The van der Waals surface area contributed by atoms with Gasteiger partial charge in [-0.3, -0.25) is 9.59 Å². The Labute approximate surface area is 201 Å².